The van der Waals surface area contributed by atoms with Crippen LogP contribution in [0.1, 0.15) is 16.0 Å². The molecule has 0 saturated heterocycles. The molecular weight excluding hydrogens is 289 g/mol. The lowest BCUT2D eigenvalue weighted by Crippen LogP contribution is -2.16. The Kier molecular flexibility index (Phi) is 3.39. The Morgan fingerprint density at radius 3 is 2.71 bits per heavy atom. The molecule has 0 spiro atoms. The third-order valence-corrected chi connectivity index (χ3v) is 4.39. The Balaban J connectivity index is 2.05. The van der Waals surface area contributed by atoms with Gasteiger partial charge in [-0.1, -0.05) is 12.1 Å². The van der Waals surface area contributed by atoms with Gasteiger partial charge in [0.05, 0.1) is 11.6 Å². The van der Waals surface area contributed by atoms with Crippen LogP contribution in [0.15, 0.2) is 40.5 Å². The second-order valence-electron chi connectivity index (χ2n) is 4.65. The molecule has 106 valence electrons. The molecule has 0 bridgehead atoms. The summed E-state index contributed by atoms with van der Waals surface area (Å²) in [5.74, 6) is -0.309. The topological polar surface area (TPSA) is 47.2 Å². The van der Waals surface area contributed by atoms with Gasteiger partial charge in [0.15, 0.2) is 0 Å². The van der Waals surface area contributed by atoms with Crippen molar-refractivity contribution in [2.45, 2.75) is 13.8 Å². The molecule has 3 rings (SSSR count). The maximum atomic E-state index is 12.8. The summed E-state index contributed by atoms with van der Waals surface area (Å²) in [6, 6.07) is 5.88. The number of hydrogen-bond acceptors (Lipinski definition) is 4. The highest BCUT2D eigenvalue weighted by atomic mass is 32.1. The second kappa shape index (κ2) is 5.21. The van der Waals surface area contributed by atoms with Crippen molar-refractivity contribution in [1.29, 1.82) is 0 Å². The van der Waals surface area contributed by atoms with Gasteiger partial charge in [0.2, 0.25) is 0 Å². The highest BCUT2D eigenvalue weighted by Gasteiger charge is 2.11. The standard InChI is InChI=1S/C15H12FN3OS/c1-9-10(2)21-14-13(9)15(20)19(8-17-14)18-7-11-3-5-12(16)6-4-11/h3-8H,1-2H3/b18-7+. The minimum atomic E-state index is -0.309. The Morgan fingerprint density at radius 1 is 1.29 bits per heavy atom. The molecule has 3 aromatic rings. The quantitative estimate of drug-likeness (QED) is 0.683. The fourth-order valence-corrected chi connectivity index (χ4v) is 2.97. The lowest BCUT2D eigenvalue weighted by Gasteiger charge is -1.98. The summed E-state index contributed by atoms with van der Waals surface area (Å²) in [4.78, 5) is 18.5. The summed E-state index contributed by atoms with van der Waals surface area (Å²) in [5, 5.41) is 4.71. The average molecular weight is 301 g/mol. The van der Waals surface area contributed by atoms with E-state index in [9.17, 15) is 9.18 Å². The smallest absolute Gasteiger partial charge is 0.267 e. The van der Waals surface area contributed by atoms with Crippen LogP contribution in [0.25, 0.3) is 10.2 Å². The van der Waals surface area contributed by atoms with Gasteiger partial charge >= 0.3 is 0 Å². The number of aryl methyl sites for hydroxylation is 2. The summed E-state index contributed by atoms with van der Waals surface area (Å²) in [5.41, 5.74) is 1.46. The molecule has 0 aliphatic carbocycles. The molecule has 6 heteroatoms. The molecule has 0 aliphatic rings. The molecule has 2 heterocycles. The van der Waals surface area contributed by atoms with Crippen molar-refractivity contribution >= 4 is 27.8 Å². The molecule has 0 atom stereocenters. The van der Waals surface area contributed by atoms with Crippen molar-refractivity contribution in [1.82, 2.24) is 9.66 Å². The van der Waals surface area contributed by atoms with E-state index in [0.29, 0.717) is 10.9 Å². The minimum absolute atomic E-state index is 0.194. The Bertz CT molecular complexity index is 894. The molecule has 2 aromatic heterocycles. The second-order valence-corrected chi connectivity index (χ2v) is 5.86. The number of halogens is 1. The first-order valence-corrected chi connectivity index (χ1v) is 7.15. The van der Waals surface area contributed by atoms with Crippen molar-refractivity contribution < 1.29 is 4.39 Å². The predicted molar refractivity (Wildman–Crippen MR) is 82.7 cm³/mol. The molecule has 0 aliphatic heterocycles. The summed E-state index contributed by atoms with van der Waals surface area (Å²) >= 11 is 1.50. The van der Waals surface area contributed by atoms with Gasteiger partial charge in [-0.15, -0.1) is 11.3 Å². The average Bonchev–Trinajstić information content (AvgIpc) is 2.76. The van der Waals surface area contributed by atoms with Crippen LogP contribution >= 0.6 is 11.3 Å². The highest BCUT2D eigenvalue weighted by molar-refractivity contribution is 7.18. The van der Waals surface area contributed by atoms with Gasteiger partial charge in [-0.3, -0.25) is 4.79 Å². The van der Waals surface area contributed by atoms with Crippen LogP contribution in [-0.4, -0.2) is 15.9 Å². The SMILES string of the molecule is Cc1sc2ncn(/N=C/c3ccc(F)cc3)c(=O)c2c1C. The number of benzene rings is 1. The molecule has 4 nitrogen and oxygen atoms in total. The first-order chi connectivity index (χ1) is 10.1. The van der Waals surface area contributed by atoms with Crippen LogP contribution in [0, 0.1) is 19.7 Å². The Labute approximate surface area is 124 Å². The third-order valence-electron chi connectivity index (χ3n) is 3.27. The largest absolute Gasteiger partial charge is 0.282 e. The number of rotatable bonds is 2. The van der Waals surface area contributed by atoms with E-state index in [2.05, 4.69) is 10.1 Å². The molecule has 0 fully saturated rings. The molecular formula is C15H12FN3OS. The summed E-state index contributed by atoms with van der Waals surface area (Å²) < 4.78 is 14.0. The van der Waals surface area contributed by atoms with Crippen LogP contribution in [0.2, 0.25) is 0 Å². The van der Waals surface area contributed by atoms with Crippen LogP contribution in [-0.2, 0) is 0 Å². The molecule has 0 amide bonds. The first kappa shape index (κ1) is 13.6. The Morgan fingerprint density at radius 2 is 2.00 bits per heavy atom. The van der Waals surface area contributed by atoms with Crippen LogP contribution in [0.5, 0.6) is 0 Å². The van der Waals surface area contributed by atoms with Crippen molar-refractivity contribution in [2.75, 3.05) is 0 Å². The highest BCUT2D eigenvalue weighted by Crippen LogP contribution is 2.25. The fourth-order valence-electron chi connectivity index (χ4n) is 1.99. The van der Waals surface area contributed by atoms with E-state index >= 15 is 0 Å². The monoisotopic (exact) mass is 301 g/mol. The van der Waals surface area contributed by atoms with Crippen molar-refractivity contribution in [3.05, 3.63) is 62.8 Å². The third kappa shape index (κ3) is 2.50. The number of fused-ring (bicyclic) bond motifs is 1. The van der Waals surface area contributed by atoms with Gasteiger partial charge < -0.3 is 0 Å². The van der Waals surface area contributed by atoms with Gasteiger partial charge in [-0.2, -0.15) is 9.78 Å². The van der Waals surface area contributed by atoms with Gasteiger partial charge in [-0.05, 0) is 37.1 Å². The van der Waals surface area contributed by atoms with E-state index in [1.807, 2.05) is 13.8 Å². The summed E-state index contributed by atoms with van der Waals surface area (Å²) in [6.07, 6.45) is 2.91. The van der Waals surface area contributed by atoms with E-state index in [0.717, 1.165) is 15.3 Å². The minimum Gasteiger partial charge on any atom is -0.267 e. The van der Waals surface area contributed by atoms with E-state index < -0.39 is 0 Å². The van der Waals surface area contributed by atoms with E-state index in [4.69, 9.17) is 0 Å². The number of nitrogens with zero attached hydrogens (tertiary/aromatic N) is 3. The van der Waals surface area contributed by atoms with Crippen molar-refractivity contribution in [2.24, 2.45) is 5.10 Å². The molecule has 21 heavy (non-hydrogen) atoms. The lowest BCUT2D eigenvalue weighted by molar-refractivity contribution is 0.628. The first-order valence-electron chi connectivity index (χ1n) is 6.33. The Hall–Kier alpha value is -2.34. The van der Waals surface area contributed by atoms with E-state index in [-0.39, 0.29) is 11.4 Å². The molecule has 0 saturated carbocycles. The normalized spacial score (nSPS) is 11.6. The zero-order valence-corrected chi connectivity index (χ0v) is 12.3. The van der Waals surface area contributed by atoms with Gasteiger partial charge in [0, 0.05) is 4.88 Å². The maximum Gasteiger partial charge on any atom is 0.282 e. The van der Waals surface area contributed by atoms with Gasteiger partial charge in [0.1, 0.15) is 17.0 Å². The predicted octanol–water partition coefficient (Wildman–Crippen LogP) is 3.10. The number of aromatic nitrogens is 2. The van der Waals surface area contributed by atoms with Gasteiger partial charge in [0.25, 0.3) is 5.56 Å². The number of thiophene rings is 1. The van der Waals surface area contributed by atoms with Crippen LogP contribution in [0.3, 0.4) is 0 Å². The fraction of sp³-hybridized carbons (Fsp3) is 0.133. The van der Waals surface area contributed by atoms with Crippen molar-refractivity contribution in [3.63, 3.8) is 0 Å². The zero-order valence-electron chi connectivity index (χ0n) is 11.5. The van der Waals surface area contributed by atoms with E-state index in [1.165, 1.54) is 40.7 Å². The molecule has 0 N–H and O–H groups in total. The van der Waals surface area contributed by atoms with Gasteiger partial charge in [-0.25, -0.2) is 9.37 Å². The summed E-state index contributed by atoms with van der Waals surface area (Å²) in [7, 11) is 0. The number of hydrogen-bond donors (Lipinski definition) is 0. The maximum absolute atomic E-state index is 12.8. The molecule has 0 radical (unpaired) electrons. The van der Waals surface area contributed by atoms with Crippen LogP contribution in [0.4, 0.5) is 4.39 Å². The zero-order chi connectivity index (χ0) is 15.0. The summed E-state index contributed by atoms with van der Waals surface area (Å²) in [6.45, 7) is 3.87. The molecule has 0 unspecified atom stereocenters. The van der Waals surface area contributed by atoms with Crippen molar-refractivity contribution in [3.8, 4) is 0 Å². The van der Waals surface area contributed by atoms with E-state index in [1.54, 1.807) is 12.1 Å². The molecule has 1 aromatic carbocycles. The lowest BCUT2D eigenvalue weighted by atomic mass is 10.2. The van der Waals surface area contributed by atoms with Crippen LogP contribution < -0.4 is 5.56 Å².